The van der Waals surface area contributed by atoms with Crippen LogP contribution in [0.2, 0.25) is 0 Å². The minimum absolute atomic E-state index is 0.0942. The van der Waals surface area contributed by atoms with Crippen LogP contribution in [0.25, 0.3) is 0 Å². The maximum Gasteiger partial charge on any atom is 0.211 e. The van der Waals surface area contributed by atoms with Gasteiger partial charge >= 0.3 is 0 Å². The molecular weight excluding hydrogens is 246 g/mol. The Balaban J connectivity index is 2.58. The molecule has 1 saturated heterocycles. The highest BCUT2D eigenvalue weighted by Crippen LogP contribution is 2.11. The van der Waals surface area contributed by atoms with Crippen molar-refractivity contribution in [2.45, 2.75) is 19.4 Å². The Morgan fingerprint density at radius 1 is 1.38 bits per heavy atom. The van der Waals surface area contributed by atoms with Crippen LogP contribution in [-0.4, -0.2) is 61.1 Å². The van der Waals surface area contributed by atoms with Gasteiger partial charge < -0.3 is 5.73 Å². The molecule has 0 aliphatic carbocycles. The molecule has 2 N–H and O–H groups in total. The Kier molecular flexibility index (Phi) is 4.66. The van der Waals surface area contributed by atoms with Gasteiger partial charge in [0.15, 0.2) is 0 Å². The summed E-state index contributed by atoms with van der Waals surface area (Å²) in [6, 6.07) is 0.0942. The number of piperazine rings is 1. The Bertz CT molecular complexity index is 348. The van der Waals surface area contributed by atoms with Crippen LogP contribution < -0.4 is 5.73 Å². The summed E-state index contributed by atoms with van der Waals surface area (Å²) >= 11 is 5.00. The van der Waals surface area contributed by atoms with Gasteiger partial charge in [0, 0.05) is 26.2 Å². The first-order valence-electron chi connectivity index (χ1n) is 5.34. The Morgan fingerprint density at radius 2 is 1.88 bits per heavy atom. The summed E-state index contributed by atoms with van der Waals surface area (Å²) in [5.74, 6) is 0. The molecule has 1 rings (SSSR count). The Labute approximate surface area is 103 Å². The number of hydrogen-bond donors (Lipinski definition) is 1. The predicted molar refractivity (Wildman–Crippen MR) is 68.9 cm³/mol. The number of nitrogens with two attached hydrogens (primary N) is 1. The lowest BCUT2D eigenvalue weighted by Gasteiger charge is -2.37. The van der Waals surface area contributed by atoms with E-state index in [1.807, 2.05) is 6.92 Å². The average Bonchev–Trinajstić information content (AvgIpc) is 2.17. The first-order valence-corrected chi connectivity index (χ1v) is 7.60. The molecule has 1 heterocycles. The summed E-state index contributed by atoms with van der Waals surface area (Å²) in [4.78, 5) is 2.65. The van der Waals surface area contributed by atoms with E-state index in [4.69, 9.17) is 18.0 Å². The van der Waals surface area contributed by atoms with Gasteiger partial charge in [0.05, 0.1) is 17.3 Å². The Morgan fingerprint density at radius 3 is 2.19 bits per heavy atom. The third kappa shape index (κ3) is 3.38. The highest BCUT2D eigenvalue weighted by Gasteiger charge is 2.27. The van der Waals surface area contributed by atoms with Gasteiger partial charge in [-0.3, -0.25) is 4.90 Å². The zero-order chi connectivity index (χ0) is 12.3. The van der Waals surface area contributed by atoms with Crippen molar-refractivity contribution in [1.29, 1.82) is 0 Å². The van der Waals surface area contributed by atoms with Crippen LogP contribution in [0.4, 0.5) is 0 Å². The van der Waals surface area contributed by atoms with Gasteiger partial charge in [0.25, 0.3) is 0 Å². The van der Waals surface area contributed by atoms with E-state index in [0.717, 1.165) is 6.42 Å². The molecule has 0 radical (unpaired) electrons. The second kappa shape index (κ2) is 5.39. The van der Waals surface area contributed by atoms with Gasteiger partial charge in [-0.1, -0.05) is 19.1 Å². The summed E-state index contributed by atoms with van der Waals surface area (Å²) in [7, 11) is -3.06. The van der Waals surface area contributed by atoms with E-state index in [0.29, 0.717) is 31.2 Å². The van der Waals surface area contributed by atoms with E-state index >= 15 is 0 Å². The number of hydrogen-bond acceptors (Lipinski definition) is 4. The van der Waals surface area contributed by atoms with Crippen LogP contribution in [0.1, 0.15) is 13.3 Å². The third-order valence-corrected chi connectivity index (χ3v) is 4.47. The minimum Gasteiger partial charge on any atom is -0.392 e. The molecule has 1 atom stereocenters. The lowest BCUT2D eigenvalue weighted by Crippen LogP contribution is -2.54. The summed E-state index contributed by atoms with van der Waals surface area (Å²) in [6.07, 6.45) is 2.11. The van der Waals surface area contributed by atoms with E-state index < -0.39 is 10.0 Å². The molecule has 0 aromatic carbocycles. The molecule has 0 amide bonds. The standard InChI is InChI=1S/C9H19N3O2S2/c1-3-8(9(10)15)11-4-6-12(7-5-11)16(2,13)14/h8H,3-7H2,1-2H3,(H2,10,15). The van der Waals surface area contributed by atoms with Crippen molar-refractivity contribution < 1.29 is 8.42 Å². The number of thiocarbonyl (C=S) groups is 1. The van der Waals surface area contributed by atoms with Crippen molar-refractivity contribution in [3.63, 3.8) is 0 Å². The van der Waals surface area contributed by atoms with Crippen LogP contribution in [0.5, 0.6) is 0 Å². The first-order chi connectivity index (χ1) is 7.36. The van der Waals surface area contributed by atoms with Crippen molar-refractivity contribution in [2.75, 3.05) is 32.4 Å². The molecule has 5 nitrogen and oxygen atoms in total. The molecule has 94 valence electrons. The van der Waals surface area contributed by atoms with E-state index in [1.165, 1.54) is 10.6 Å². The van der Waals surface area contributed by atoms with E-state index in [-0.39, 0.29) is 6.04 Å². The fraction of sp³-hybridized carbons (Fsp3) is 0.889. The van der Waals surface area contributed by atoms with Crippen LogP contribution >= 0.6 is 12.2 Å². The highest BCUT2D eigenvalue weighted by atomic mass is 32.2. The summed E-state index contributed by atoms with van der Waals surface area (Å²) in [5, 5.41) is 0. The number of sulfonamides is 1. The van der Waals surface area contributed by atoms with Crippen LogP contribution in [0.15, 0.2) is 0 Å². The number of rotatable bonds is 4. The van der Waals surface area contributed by atoms with Gasteiger partial charge in [-0.15, -0.1) is 0 Å². The van der Waals surface area contributed by atoms with E-state index in [9.17, 15) is 8.42 Å². The molecule has 1 aliphatic rings. The topological polar surface area (TPSA) is 66.6 Å². The van der Waals surface area contributed by atoms with Crippen molar-refractivity contribution in [3.8, 4) is 0 Å². The minimum atomic E-state index is -3.06. The molecule has 0 spiro atoms. The maximum atomic E-state index is 11.3. The fourth-order valence-electron chi connectivity index (χ4n) is 1.99. The van der Waals surface area contributed by atoms with Gasteiger partial charge in [0.2, 0.25) is 10.0 Å². The average molecular weight is 265 g/mol. The van der Waals surface area contributed by atoms with E-state index in [2.05, 4.69) is 4.90 Å². The van der Waals surface area contributed by atoms with Crippen LogP contribution in [0.3, 0.4) is 0 Å². The third-order valence-electron chi connectivity index (χ3n) is 2.90. The molecule has 1 fully saturated rings. The zero-order valence-electron chi connectivity index (χ0n) is 9.72. The van der Waals surface area contributed by atoms with Crippen molar-refractivity contribution in [3.05, 3.63) is 0 Å². The Hall–Kier alpha value is -0.240. The van der Waals surface area contributed by atoms with Crippen molar-refractivity contribution in [1.82, 2.24) is 9.21 Å². The molecule has 16 heavy (non-hydrogen) atoms. The summed E-state index contributed by atoms with van der Waals surface area (Å²) < 4.78 is 24.1. The molecule has 0 aromatic heterocycles. The van der Waals surface area contributed by atoms with Gasteiger partial charge in [-0.05, 0) is 6.42 Å². The predicted octanol–water partition coefficient (Wildman–Crippen LogP) is -0.372. The fourth-order valence-corrected chi connectivity index (χ4v) is 3.13. The molecule has 1 unspecified atom stereocenters. The molecule has 7 heteroatoms. The van der Waals surface area contributed by atoms with Crippen LogP contribution in [-0.2, 0) is 10.0 Å². The maximum absolute atomic E-state index is 11.3. The molecule has 0 bridgehead atoms. The second-order valence-corrected chi connectivity index (χ2v) is 6.48. The lowest BCUT2D eigenvalue weighted by molar-refractivity contribution is 0.165. The first kappa shape index (κ1) is 13.8. The molecular formula is C9H19N3O2S2. The monoisotopic (exact) mass is 265 g/mol. The van der Waals surface area contributed by atoms with E-state index in [1.54, 1.807) is 0 Å². The molecule has 0 aromatic rings. The second-order valence-electron chi connectivity index (χ2n) is 4.02. The normalized spacial score (nSPS) is 21.9. The van der Waals surface area contributed by atoms with Crippen LogP contribution in [0, 0.1) is 0 Å². The number of nitrogens with zero attached hydrogens (tertiary/aromatic N) is 2. The van der Waals surface area contributed by atoms with Gasteiger partial charge in [0.1, 0.15) is 0 Å². The van der Waals surface area contributed by atoms with Crippen molar-refractivity contribution >= 4 is 27.2 Å². The van der Waals surface area contributed by atoms with Gasteiger partial charge in [-0.2, -0.15) is 4.31 Å². The smallest absolute Gasteiger partial charge is 0.211 e. The van der Waals surface area contributed by atoms with Gasteiger partial charge in [-0.25, -0.2) is 8.42 Å². The quantitative estimate of drug-likeness (QED) is 0.703. The SMILES string of the molecule is CCC(C(N)=S)N1CCN(S(C)(=O)=O)CC1. The highest BCUT2D eigenvalue weighted by molar-refractivity contribution is 7.88. The summed E-state index contributed by atoms with van der Waals surface area (Å²) in [5.41, 5.74) is 5.66. The molecule has 1 aliphatic heterocycles. The largest absolute Gasteiger partial charge is 0.392 e. The zero-order valence-corrected chi connectivity index (χ0v) is 11.4. The molecule has 0 saturated carbocycles. The lowest BCUT2D eigenvalue weighted by atomic mass is 10.1. The summed E-state index contributed by atoms with van der Waals surface area (Å²) in [6.45, 7) is 4.48. The van der Waals surface area contributed by atoms with Crippen molar-refractivity contribution in [2.24, 2.45) is 5.73 Å².